The van der Waals surface area contributed by atoms with Crippen molar-refractivity contribution in [3.63, 3.8) is 0 Å². The molecule has 106 valence electrons. The summed E-state index contributed by atoms with van der Waals surface area (Å²) in [5.41, 5.74) is 0.146. The molecule has 1 aromatic carbocycles. The molecule has 0 spiro atoms. The summed E-state index contributed by atoms with van der Waals surface area (Å²) in [6.45, 7) is 3.24. The van der Waals surface area contributed by atoms with Gasteiger partial charge in [-0.1, -0.05) is 0 Å². The maximum atomic E-state index is 13.6. The number of halogens is 2. The van der Waals surface area contributed by atoms with Crippen LogP contribution in [0.5, 0.6) is 0 Å². The normalized spacial score (nSPS) is 14.0. The van der Waals surface area contributed by atoms with Crippen LogP contribution < -0.4 is 0 Å². The number of aliphatic hydroxyl groups excluding tert-OH is 1. The lowest BCUT2D eigenvalue weighted by Gasteiger charge is -2.26. The topological polar surface area (TPSA) is 40.5 Å². The highest BCUT2D eigenvalue weighted by molar-refractivity contribution is 5.76. The average molecular weight is 271 g/mol. The third kappa shape index (κ3) is 4.28. The zero-order valence-corrected chi connectivity index (χ0v) is 11.4. The summed E-state index contributed by atoms with van der Waals surface area (Å²) < 4.78 is 26.7. The largest absolute Gasteiger partial charge is 0.393 e. The third-order valence-electron chi connectivity index (χ3n) is 3.16. The molecule has 0 radical (unpaired) electrons. The number of rotatable bonds is 5. The Morgan fingerprint density at radius 3 is 2.58 bits per heavy atom. The van der Waals surface area contributed by atoms with E-state index in [4.69, 9.17) is 5.11 Å². The van der Waals surface area contributed by atoms with E-state index in [0.717, 1.165) is 18.2 Å². The van der Waals surface area contributed by atoms with Crippen LogP contribution in [0.4, 0.5) is 8.78 Å². The fraction of sp³-hybridized carbons (Fsp3) is 0.500. The Morgan fingerprint density at radius 1 is 1.37 bits per heavy atom. The van der Waals surface area contributed by atoms with Crippen molar-refractivity contribution in [2.24, 2.45) is 0 Å². The van der Waals surface area contributed by atoms with Gasteiger partial charge in [0.05, 0.1) is 12.1 Å². The molecule has 0 heterocycles. The van der Waals surface area contributed by atoms with Crippen LogP contribution in [0, 0.1) is 11.6 Å². The van der Waals surface area contributed by atoms with E-state index >= 15 is 0 Å². The quantitative estimate of drug-likeness (QED) is 0.894. The van der Waals surface area contributed by atoms with Gasteiger partial charge in [0.2, 0.25) is 5.91 Å². The number of carbonyl (C=O) groups is 1. The lowest BCUT2D eigenvalue weighted by molar-refractivity contribution is -0.132. The highest BCUT2D eigenvalue weighted by Crippen LogP contribution is 2.23. The van der Waals surface area contributed by atoms with E-state index < -0.39 is 23.8 Å². The maximum Gasteiger partial charge on any atom is 0.222 e. The van der Waals surface area contributed by atoms with E-state index in [1.807, 2.05) is 0 Å². The van der Waals surface area contributed by atoms with Crippen molar-refractivity contribution in [1.29, 1.82) is 0 Å². The van der Waals surface area contributed by atoms with E-state index in [1.54, 1.807) is 20.9 Å². The highest BCUT2D eigenvalue weighted by Gasteiger charge is 2.20. The summed E-state index contributed by atoms with van der Waals surface area (Å²) in [5, 5.41) is 9.14. The van der Waals surface area contributed by atoms with Gasteiger partial charge in [0.1, 0.15) is 11.6 Å². The Bertz CT molecular complexity index is 449. The summed E-state index contributed by atoms with van der Waals surface area (Å²) in [6.07, 6.45) is -0.0321. The first kappa shape index (κ1) is 15.6. The molecule has 5 heteroatoms. The zero-order chi connectivity index (χ0) is 14.6. The highest BCUT2D eigenvalue weighted by atomic mass is 19.1. The molecule has 3 nitrogen and oxygen atoms in total. The molecule has 0 bridgehead atoms. The molecule has 2 atom stereocenters. The van der Waals surface area contributed by atoms with Gasteiger partial charge >= 0.3 is 0 Å². The first-order chi connectivity index (χ1) is 8.82. The molecule has 1 N–H and O–H groups in total. The van der Waals surface area contributed by atoms with Gasteiger partial charge in [-0.2, -0.15) is 0 Å². The molecule has 0 fully saturated rings. The van der Waals surface area contributed by atoms with Crippen LogP contribution in [-0.2, 0) is 4.79 Å². The standard InChI is InChI=1S/C14H19F2NO2/c1-9(18)4-7-14(19)17(3)10(2)12-8-11(15)5-6-13(12)16/h5-6,8-10,18H,4,7H2,1-3H3. The summed E-state index contributed by atoms with van der Waals surface area (Å²) in [6, 6.07) is 2.63. The van der Waals surface area contributed by atoms with Gasteiger partial charge in [-0.15, -0.1) is 0 Å². The van der Waals surface area contributed by atoms with Crippen LogP contribution in [0.1, 0.15) is 38.3 Å². The minimum absolute atomic E-state index is 0.146. The molecule has 1 aromatic rings. The van der Waals surface area contributed by atoms with Crippen molar-refractivity contribution in [1.82, 2.24) is 4.90 Å². The lowest BCUT2D eigenvalue weighted by atomic mass is 10.1. The van der Waals surface area contributed by atoms with Gasteiger partial charge in [-0.25, -0.2) is 8.78 Å². The van der Waals surface area contributed by atoms with Crippen LogP contribution >= 0.6 is 0 Å². The number of nitrogens with zero attached hydrogens (tertiary/aromatic N) is 1. The average Bonchev–Trinajstić information content (AvgIpc) is 2.37. The Balaban J connectivity index is 2.78. The minimum atomic E-state index is -0.558. The molecule has 1 amide bonds. The van der Waals surface area contributed by atoms with Crippen LogP contribution in [0.15, 0.2) is 18.2 Å². The first-order valence-electron chi connectivity index (χ1n) is 6.21. The molecule has 0 aliphatic rings. The molecule has 2 unspecified atom stereocenters. The van der Waals surface area contributed by atoms with Crippen LogP contribution in [0.3, 0.4) is 0 Å². The Morgan fingerprint density at radius 2 is 2.00 bits per heavy atom. The minimum Gasteiger partial charge on any atom is -0.393 e. The third-order valence-corrected chi connectivity index (χ3v) is 3.16. The van der Waals surface area contributed by atoms with Gasteiger partial charge in [0, 0.05) is 19.0 Å². The van der Waals surface area contributed by atoms with Gasteiger partial charge in [0.15, 0.2) is 0 Å². The number of benzene rings is 1. The summed E-state index contributed by atoms with van der Waals surface area (Å²) >= 11 is 0. The number of aliphatic hydroxyl groups is 1. The van der Waals surface area contributed by atoms with Crippen molar-refractivity contribution in [3.05, 3.63) is 35.4 Å². The Kier molecular flexibility index (Phi) is 5.42. The van der Waals surface area contributed by atoms with Crippen LogP contribution in [0.2, 0.25) is 0 Å². The smallest absolute Gasteiger partial charge is 0.222 e. The summed E-state index contributed by atoms with van der Waals surface area (Å²) in [7, 11) is 1.54. The number of hydrogen-bond acceptors (Lipinski definition) is 2. The Hall–Kier alpha value is -1.49. The number of amides is 1. The second-order valence-corrected chi connectivity index (χ2v) is 4.73. The second-order valence-electron chi connectivity index (χ2n) is 4.73. The van der Waals surface area contributed by atoms with Gasteiger partial charge in [-0.05, 0) is 38.5 Å². The van der Waals surface area contributed by atoms with Crippen molar-refractivity contribution >= 4 is 5.91 Å². The predicted molar refractivity (Wildman–Crippen MR) is 68.5 cm³/mol. The zero-order valence-electron chi connectivity index (χ0n) is 11.4. The first-order valence-corrected chi connectivity index (χ1v) is 6.21. The predicted octanol–water partition coefficient (Wildman–Crippen LogP) is 2.65. The van der Waals surface area contributed by atoms with Gasteiger partial charge in [0.25, 0.3) is 0 Å². The van der Waals surface area contributed by atoms with Crippen molar-refractivity contribution < 1.29 is 18.7 Å². The van der Waals surface area contributed by atoms with E-state index in [1.165, 1.54) is 4.90 Å². The van der Waals surface area contributed by atoms with Crippen LogP contribution in [0.25, 0.3) is 0 Å². The summed E-state index contributed by atoms with van der Waals surface area (Å²) in [4.78, 5) is 13.2. The van der Waals surface area contributed by atoms with Gasteiger partial charge < -0.3 is 10.0 Å². The van der Waals surface area contributed by atoms with Crippen molar-refractivity contribution in [2.45, 2.75) is 38.8 Å². The molecule has 0 aliphatic heterocycles. The fourth-order valence-electron chi connectivity index (χ4n) is 1.77. The molecular weight excluding hydrogens is 252 g/mol. The molecular formula is C14H19F2NO2. The van der Waals surface area contributed by atoms with Crippen LogP contribution in [-0.4, -0.2) is 29.1 Å². The maximum absolute atomic E-state index is 13.6. The molecule has 19 heavy (non-hydrogen) atoms. The SMILES string of the molecule is CC(O)CCC(=O)N(C)C(C)c1cc(F)ccc1F. The molecule has 0 aromatic heterocycles. The Labute approximate surface area is 111 Å². The number of hydrogen-bond donors (Lipinski definition) is 1. The molecule has 1 rings (SSSR count). The summed E-state index contributed by atoms with van der Waals surface area (Å²) in [5.74, 6) is -1.28. The fourth-order valence-corrected chi connectivity index (χ4v) is 1.77. The van der Waals surface area contributed by atoms with Crippen molar-refractivity contribution in [2.75, 3.05) is 7.05 Å². The monoisotopic (exact) mass is 271 g/mol. The van der Waals surface area contributed by atoms with Gasteiger partial charge in [-0.3, -0.25) is 4.79 Å². The van der Waals surface area contributed by atoms with E-state index in [9.17, 15) is 13.6 Å². The van der Waals surface area contributed by atoms with E-state index in [-0.39, 0.29) is 17.9 Å². The number of carbonyl (C=O) groups excluding carboxylic acids is 1. The second kappa shape index (κ2) is 6.61. The van der Waals surface area contributed by atoms with E-state index in [0.29, 0.717) is 6.42 Å². The molecule has 0 aliphatic carbocycles. The molecule has 0 saturated heterocycles. The van der Waals surface area contributed by atoms with E-state index in [2.05, 4.69) is 0 Å². The van der Waals surface area contributed by atoms with Crippen molar-refractivity contribution in [3.8, 4) is 0 Å². The lowest BCUT2D eigenvalue weighted by Crippen LogP contribution is -2.30. The molecule has 0 saturated carbocycles.